The maximum Gasteiger partial charge on any atom is 0.272 e. The Hall–Kier alpha value is -3.28. The van der Waals surface area contributed by atoms with E-state index < -0.39 is 11.6 Å². The fourth-order valence-electron chi connectivity index (χ4n) is 2.66. The Balaban J connectivity index is 1.76. The molecule has 6 heteroatoms. The molecule has 0 atom stereocenters. The van der Waals surface area contributed by atoms with Crippen molar-refractivity contribution in [1.82, 2.24) is 9.88 Å². The van der Waals surface area contributed by atoms with Crippen molar-refractivity contribution in [3.63, 3.8) is 0 Å². The third-order valence-corrected chi connectivity index (χ3v) is 4.07. The number of rotatable bonds is 6. The van der Waals surface area contributed by atoms with Gasteiger partial charge in [0.25, 0.3) is 5.91 Å². The average molecular weight is 367 g/mol. The minimum Gasteiger partial charge on any atom is -0.355 e. The van der Waals surface area contributed by atoms with E-state index in [0.29, 0.717) is 24.5 Å². The van der Waals surface area contributed by atoms with Crippen molar-refractivity contribution in [2.45, 2.75) is 13.5 Å². The number of carbonyl (C=O) groups excluding carboxylic acids is 1. The smallest absolute Gasteiger partial charge is 0.272 e. The van der Waals surface area contributed by atoms with Gasteiger partial charge in [-0.2, -0.15) is 0 Å². The quantitative estimate of drug-likeness (QED) is 0.683. The highest BCUT2D eigenvalue weighted by Gasteiger charge is 2.16. The number of hydrogen-bond donors (Lipinski definition) is 1. The minimum atomic E-state index is -0.939. The molecule has 1 amide bonds. The van der Waals surface area contributed by atoms with E-state index in [-0.39, 0.29) is 11.6 Å². The van der Waals surface area contributed by atoms with Crippen LogP contribution in [0, 0.1) is 11.6 Å². The summed E-state index contributed by atoms with van der Waals surface area (Å²) in [6.07, 6.45) is 1.51. The molecule has 0 aliphatic rings. The third-order valence-electron chi connectivity index (χ3n) is 4.07. The van der Waals surface area contributed by atoms with Gasteiger partial charge in [0.1, 0.15) is 5.69 Å². The van der Waals surface area contributed by atoms with Crippen LogP contribution in [0.2, 0.25) is 0 Å². The van der Waals surface area contributed by atoms with Crippen LogP contribution in [0.3, 0.4) is 0 Å². The van der Waals surface area contributed by atoms with Crippen LogP contribution in [-0.4, -0.2) is 22.3 Å². The largest absolute Gasteiger partial charge is 0.355 e. The molecule has 0 spiro atoms. The van der Waals surface area contributed by atoms with Crippen molar-refractivity contribution >= 4 is 17.3 Å². The highest BCUT2D eigenvalue weighted by atomic mass is 19.2. The van der Waals surface area contributed by atoms with Crippen molar-refractivity contribution in [3.8, 4) is 0 Å². The molecule has 4 nitrogen and oxygen atoms in total. The molecule has 0 bridgehead atoms. The molecule has 0 aliphatic carbocycles. The van der Waals surface area contributed by atoms with Crippen molar-refractivity contribution in [1.29, 1.82) is 0 Å². The topological polar surface area (TPSA) is 45.2 Å². The summed E-state index contributed by atoms with van der Waals surface area (Å²) in [7, 11) is 0. The van der Waals surface area contributed by atoms with Crippen molar-refractivity contribution in [2.75, 3.05) is 11.9 Å². The molecule has 3 rings (SSSR count). The number of pyridine rings is 1. The van der Waals surface area contributed by atoms with Crippen molar-refractivity contribution < 1.29 is 13.6 Å². The predicted octanol–water partition coefficient (Wildman–Crippen LogP) is 4.77. The monoisotopic (exact) mass is 367 g/mol. The van der Waals surface area contributed by atoms with Gasteiger partial charge in [0.05, 0.1) is 0 Å². The first kappa shape index (κ1) is 18.5. The van der Waals surface area contributed by atoms with Crippen LogP contribution >= 0.6 is 0 Å². The molecule has 27 heavy (non-hydrogen) atoms. The van der Waals surface area contributed by atoms with Gasteiger partial charge in [0, 0.05) is 36.7 Å². The lowest BCUT2D eigenvalue weighted by atomic mass is 10.2. The van der Waals surface area contributed by atoms with E-state index >= 15 is 0 Å². The van der Waals surface area contributed by atoms with Crippen molar-refractivity contribution in [3.05, 3.63) is 89.8 Å². The van der Waals surface area contributed by atoms with Gasteiger partial charge in [-0.05, 0) is 36.8 Å². The molecule has 0 radical (unpaired) electrons. The molecule has 0 saturated heterocycles. The average Bonchev–Trinajstić information content (AvgIpc) is 2.69. The van der Waals surface area contributed by atoms with Crippen molar-refractivity contribution in [2.24, 2.45) is 0 Å². The summed E-state index contributed by atoms with van der Waals surface area (Å²) in [5.74, 6) is -2.05. The summed E-state index contributed by atoms with van der Waals surface area (Å²) >= 11 is 0. The fraction of sp³-hybridized carbons (Fsp3) is 0.143. The second-order valence-corrected chi connectivity index (χ2v) is 5.99. The zero-order valence-corrected chi connectivity index (χ0v) is 14.8. The predicted molar refractivity (Wildman–Crippen MR) is 101 cm³/mol. The van der Waals surface area contributed by atoms with Gasteiger partial charge in [0.15, 0.2) is 11.6 Å². The van der Waals surface area contributed by atoms with Crippen LogP contribution in [-0.2, 0) is 6.54 Å². The summed E-state index contributed by atoms with van der Waals surface area (Å²) in [5, 5.41) is 2.96. The number of anilines is 2. The van der Waals surface area contributed by atoms with Crippen LogP contribution in [0.15, 0.2) is 66.9 Å². The highest BCUT2D eigenvalue weighted by Crippen LogP contribution is 2.20. The van der Waals surface area contributed by atoms with Crippen LogP contribution in [0.4, 0.5) is 20.2 Å². The summed E-state index contributed by atoms with van der Waals surface area (Å²) in [6, 6.07) is 16.5. The summed E-state index contributed by atoms with van der Waals surface area (Å²) < 4.78 is 26.4. The molecule has 1 heterocycles. The zero-order valence-electron chi connectivity index (χ0n) is 14.8. The van der Waals surface area contributed by atoms with E-state index in [2.05, 4.69) is 10.3 Å². The maximum atomic E-state index is 13.4. The number of carbonyl (C=O) groups is 1. The lowest BCUT2D eigenvalue weighted by Gasteiger charge is -2.21. The summed E-state index contributed by atoms with van der Waals surface area (Å²) in [6.45, 7) is 2.93. The van der Waals surface area contributed by atoms with Gasteiger partial charge in [0.2, 0.25) is 0 Å². The molecule has 1 aromatic heterocycles. The van der Waals surface area contributed by atoms with E-state index in [4.69, 9.17) is 0 Å². The normalized spacial score (nSPS) is 10.5. The zero-order chi connectivity index (χ0) is 19.2. The van der Waals surface area contributed by atoms with Crippen LogP contribution in [0.5, 0.6) is 0 Å². The molecule has 0 fully saturated rings. The minimum absolute atomic E-state index is 0.199. The van der Waals surface area contributed by atoms with E-state index in [9.17, 15) is 13.6 Å². The lowest BCUT2D eigenvalue weighted by molar-refractivity contribution is 0.0746. The van der Waals surface area contributed by atoms with Crippen LogP contribution in [0.1, 0.15) is 23.0 Å². The van der Waals surface area contributed by atoms with Gasteiger partial charge < -0.3 is 10.2 Å². The van der Waals surface area contributed by atoms with E-state index in [1.165, 1.54) is 12.3 Å². The standard InChI is InChI=1S/C21H19F2N3O/c1-2-26(14-15-6-4-3-5-7-15)21(27)20-13-17(10-11-24-20)25-16-8-9-18(22)19(23)12-16/h3-13H,2,14H2,1H3,(H,24,25). The van der Waals surface area contributed by atoms with Gasteiger partial charge >= 0.3 is 0 Å². The Morgan fingerprint density at radius 1 is 1.00 bits per heavy atom. The Morgan fingerprint density at radius 2 is 1.74 bits per heavy atom. The van der Waals surface area contributed by atoms with Gasteiger partial charge in [-0.25, -0.2) is 8.78 Å². The Kier molecular flexibility index (Phi) is 5.76. The molecular formula is C21H19F2N3O. The molecule has 1 N–H and O–H groups in total. The first-order valence-corrected chi connectivity index (χ1v) is 8.58. The van der Waals surface area contributed by atoms with Gasteiger partial charge in [-0.3, -0.25) is 9.78 Å². The molecule has 2 aromatic carbocycles. The maximum absolute atomic E-state index is 13.4. The number of hydrogen-bond acceptors (Lipinski definition) is 3. The Labute approximate surface area is 156 Å². The van der Waals surface area contributed by atoms with Crippen LogP contribution < -0.4 is 5.32 Å². The molecule has 0 aliphatic heterocycles. The van der Waals surface area contributed by atoms with Crippen LogP contribution in [0.25, 0.3) is 0 Å². The Bertz CT molecular complexity index is 932. The number of amides is 1. The molecular weight excluding hydrogens is 348 g/mol. The summed E-state index contributed by atoms with van der Waals surface area (Å²) in [5.41, 5.74) is 2.26. The number of nitrogens with zero attached hydrogens (tertiary/aromatic N) is 2. The van der Waals surface area contributed by atoms with E-state index in [1.54, 1.807) is 17.0 Å². The molecule has 3 aromatic rings. The molecule has 138 valence electrons. The van der Waals surface area contributed by atoms with Gasteiger partial charge in [-0.1, -0.05) is 30.3 Å². The third kappa shape index (κ3) is 4.67. The van der Waals surface area contributed by atoms with Gasteiger partial charge in [-0.15, -0.1) is 0 Å². The SMILES string of the molecule is CCN(Cc1ccccc1)C(=O)c1cc(Nc2ccc(F)c(F)c2)ccn1. The second kappa shape index (κ2) is 8.40. The fourth-order valence-corrected chi connectivity index (χ4v) is 2.66. The number of aromatic nitrogens is 1. The number of benzene rings is 2. The second-order valence-electron chi connectivity index (χ2n) is 5.99. The molecule has 0 unspecified atom stereocenters. The molecule has 0 saturated carbocycles. The number of nitrogens with one attached hydrogen (secondary N) is 1. The van der Waals surface area contributed by atoms with E-state index in [0.717, 1.165) is 17.7 Å². The highest BCUT2D eigenvalue weighted by molar-refractivity contribution is 5.93. The first-order valence-electron chi connectivity index (χ1n) is 8.58. The summed E-state index contributed by atoms with van der Waals surface area (Å²) in [4.78, 5) is 18.7. The first-order chi connectivity index (χ1) is 13.1. The van der Waals surface area contributed by atoms with E-state index in [1.807, 2.05) is 37.3 Å². The Morgan fingerprint density at radius 3 is 2.44 bits per heavy atom. The number of halogens is 2. The lowest BCUT2D eigenvalue weighted by Crippen LogP contribution is -2.31.